The Bertz CT molecular complexity index is 2270. The van der Waals surface area contributed by atoms with Crippen LogP contribution in [0.25, 0.3) is 11.1 Å². The van der Waals surface area contributed by atoms with Gasteiger partial charge >= 0.3 is 30.0 Å². The fourth-order valence-electron chi connectivity index (χ4n) is 10.4. The van der Waals surface area contributed by atoms with Gasteiger partial charge in [0.15, 0.2) is 0 Å². The van der Waals surface area contributed by atoms with Crippen molar-refractivity contribution in [3.63, 3.8) is 0 Å². The number of carboxylic acid groups (broad SMARTS) is 2. The number of carbonyl (C=O) groups is 9. The second-order valence-corrected chi connectivity index (χ2v) is 23.6. The molecule has 8 N–H and O–H groups in total. The maximum absolute atomic E-state index is 14.3. The van der Waals surface area contributed by atoms with Gasteiger partial charge < -0.3 is 51.4 Å². The molecular weight excluding hydrogens is 1110 g/mol. The zero-order chi connectivity index (χ0) is 61.9. The van der Waals surface area contributed by atoms with Gasteiger partial charge in [0.2, 0.25) is 23.6 Å². The molecule has 1 aliphatic carbocycles. The third kappa shape index (κ3) is 32.8. The van der Waals surface area contributed by atoms with Crippen molar-refractivity contribution in [1.29, 1.82) is 0 Å². The van der Waals surface area contributed by atoms with Crippen molar-refractivity contribution in [1.82, 2.24) is 21.3 Å². The number of esters is 2. The van der Waals surface area contributed by atoms with E-state index in [0.29, 0.717) is 12.8 Å². The van der Waals surface area contributed by atoms with Crippen LogP contribution in [-0.4, -0.2) is 119 Å². The van der Waals surface area contributed by atoms with Crippen LogP contribution >= 0.6 is 11.8 Å². The summed E-state index contributed by atoms with van der Waals surface area (Å²) >= 11 is 1.11. The molecule has 1 unspecified atom stereocenters. The number of nitrogens with one attached hydrogen (secondary N) is 4. The molecule has 19 nitrogen and oxygen atoms in total. The number of alkyl carbamates (subject to hydrolysis) is 1. The number of ether oxygens (including phenoxy) is 3. The minimum absolute atomic E-state index is 0.0387. The third-order valence-electron chi connectivity index (χ3n) is 15.3. The number of amides is 5. The van der Waals surface area contributed by atoms with E-state index < -0.39 is 97.2 Å². The number of benzene rings is 2. The first-order valence-electron chi connectivity index (χ1n) is 31.8. The van der Waals surface area contributed by atoms with E-state index in [4.69, 9.17) is 25.1 Å². The molecular formula is C65H101N5O14S. The number of nitrogens with two attached hydrogens (primary N) is 1. The third-order valence-corrected chi connectivity index (χ3v) is 16.4. The summed E-state index contributed by atoms with van der Waals surface area (Å²) in [5.74, 6) is -7.71. The molecule has 20 heteroatoms. The van der Waals surface area contributed by atoms with Crippen LogP contribution in [0.2, 0.25) is 0 Å². The molecule has 4 atom stereocenters. The molecule has 2 aromatic carbocycles. The average molecular weight is 1210 g/mol. The standard InChI is InChI=1S/C65H101N5O14S/c1-3-5-7-9-11-13-15-17-19-21-23-25-27-37-60(75)82-44-48(84-61(76)38-28-26-24-22-20-18-16-14-12-10-8-6-4-2)46-85-47-56(70-65(81)83-45-53-51-35-31-29-33-49(51)50-34-30-32-36-52(50)53)63(78)69-54(39-41-57(66)71)62(77)67-43-58(72)68-55(64(79)80)40-42-59(73)74/h29-36,48,53-56H,3-28,37-47H2,1-2H3,(H2,66,71)(H,67,77)(H,68,72)(H,69,78)(H,70,81)(H,73,74)(H,79,80)/t48-,54-,55-,56?/m1/s1. The summed E-state index contributed by atoms with van der Waals surface area (Å²) in [5.41, 5.74) is 9.35. The molecule has 0 fully saturated rings. The van der Waals surface area contributed by atoms with E-state index in [-0.39, 0.29) is 56.3 Å². The minimum atomic E-state index is -1.57. The molecule has 0 spiro atoms. The number of carbonyl (C=O) groups excluding carboxylic acids is 7. The van der Waals surface area contributed by atoms with Gasteiger partial charge in [-0.1, -0.05) is 216 Å². The van der Waals surface area contributed by atoms with Crippen LogP contribution in [0, 0.1) is 0 Å². The average Bonchev–Trinajstić information content (AvgIpc) is 1.85. The van der Waals surface area contributed by atoms with Gasteiger partial charge in [-0.3, -0.25) is 33.6 Å². The predicted octanol–water partition coefficient (Wildman–Crippen LogP) is 11.3. The Morgan fingerprint density at radius 2 is 0.988 bits per heavy atom. The fraction of sp³-hybridized carbons (Fsp3) is 0.677. The lowest BCUT2D eigenvalue weighted by Crippen LogP contribution is -2.56. The molecule has 1 aliphatic rings. The Hall–Kier alpha value is -6.18. The van der Waals surface area contributed by atoms with Crippen molar-refractivity contribution in [2.24, 2.45) is 5.73 Å². The zero-order valence-electron chi connectivity index (χ0n) is 50.9. The van der Waals surface area contributed by atoms with E-state index in [1.807, 2.05) is 48.5 Å². The van der Waals surface area contributed by atoms with Crippen LogP contribution in [-0.2, 0) is 52.6 Å². The largest absolute Gasteiger partial charge is 0.481 e. The van der Waals surface area contributed by atoms with Gasteiger partial charge in [0.25, 0.3) is 0 Å². The molecule has 5 amide bonds. The molecule has 0 saturated heterocycles. The van der Waals surface area contributed by atoms with E-state index in [1.165, 1.54) is 109 Å². The van der Waals surface area contributed by atoms with Crippen LogP contribution in [0.15, 0.2) is 48.5 Å². The molecule has 2 aromatic rings. The Kier molecular flexibility index (Phi) is 38.8. The predicted molar refractivity (Wildman–Crippen MR) is 331 cm³/mol. The molecule has 3 rings (SSSR count). The fourth-order valence-corrected chi connectivity index (χ4v) is 11.4. The van der Waals surface area contributed by atoms with Crippen LogP contribution < -0.4 is 27.0 Å². The Labute approximate surface area is 509 Å². The van der Waals surface area contributed by atoms with Gasteiger partial charge in [-0.15, -0.1) is 0 Å². The highest BCUT2D eigenvalue weighted by Crippen LogP contribution is 2.44. The topological polar surface area (TPSA) is 296 Å². The van der Waals surface area contributed by atoms with Crippen LogP contribution in [0.5, 0.6) is 0 Å². The van der Waals surface area contributed by atoms with Gasteiger partial charge in [-0.25, -0.2) is 9.59 Å². The number of primary amides is 1. The maximum atomic E-state index is 14.3. The maximum Gasteiger partial charge on any atom is 0.407 e. The summed E-state index contributed by atoms with van der Waals surface area (Å²) in [5, 5.41) is 28.1. The van der Waals surface area contributed by atoms with Gasteiger partial charge in [-0.2, -0.15) is 11.8 Å². The number of rotatable bonds is 51. The van der Waals surface area contributed by atoms with Gasteiger partial charge in [0, 0.05) is 43.1 Å². The summed E-state index contributed by atoms with van der Waals surface area (Å²) in [7, 11) is 0. The second-order valence-electron chi connectivity index (χ2n) is 22.5. The van der Waals surface area contributed by atoms with Gasteiger partial charge in [0.05, 0.1) is 6.54 Å². The van der Waals surface area contributed by atoms with E-state index in [2.05, 4.69) is 35.1 Å². The number of unbranched alkanes of at least 4 members (excludes halogenated alkanes) is 24. The molecule has 0 heterocycles. The number of thioether (sulfide) groups is 1. The first kappa shape index (κ1) is 73.1. The van der Waals surface area contributed by atoms with Crippen molar-refractivity contribution in [2.75, 3.05) is 31.3 Å². The zero-order valence-corrected chi connectivity index (χ0v) is 51.8. The summed E-state index contributed by atoms with van der Waals surface area (Å²) in [6.07, 6.45) is 26.9. The number of fused-ring (bicyclic) bond motifs is 3. The van der Waals surface area contributed by atoms with Gasteiger partial charge in [-0.05, 0) is 47.9 Å². The lowest BCUT2D eigenvalue weighted by Gasteiger charge is -2.24. The summed E-state index contributed by atoms with van der Waals surface area (Å²) < 4.78 is 17.4. The summed E-state index contributed by atoms with van der Waals surface area (Å²) in [4.78, 5) is 116. The van der Waals surface area contributed by atoms with Crippen molar-refractivity contribution in [2.45, 2.75) is 249 Å². The van der Waals surface area contributed by atoms with Crippen molar-refractivity contribution in [3.05, 3.63) is 59.7 Å². The molecule has 0 radical (unpaired) electrons. The van der Waals surface area contributed by atoms with Crippen LogP contribution in [0.3, 0.4) is 0 Å². The summed E-state index contributed by atoms with van der Waals surface area (Å²) in [6.45, 7) is 3.35. The smallest absolute Gasteiger partial charge is 0.407 e. The monoisotopic (exact) mass is 1210 g/mol. The molecule has 476 valence electrons. The Morgan fingerprint density at radius 3 is 1.47 bits per heavy atom. The van der Waals surface area contributed by atoms with E-state index >= 15 is 0 Å². The molecule has 0 aliphatic heterocycles. The van der Waals surface area contributed by atoms with E-state index in [1.54, 1.807) is 0 Å². The van der Waals surface area contributed by atoms with Crippen molar-refractivity contribution >= 4 is 65.4 Å². The Morgan fingerprint density at radius 1 is 0.518 bits per heavy atom. The number of hydrogen-bond acceptors (Lipinski definition) is 13. The van der Waals surface area contributed by atoms with E-state index in [0.717, 1.165) is 79.0 Å². The number of carboxylic acids is 2. The van der Waals surface area contributed by atoms with Crippen LogP contribution in [0.4, 0.5) is 4.79 Å². The molecule has 0 saturated carbocycles. The molecule has 0 bridgehead atoms. The normalized spacial score (nSPS) is 13.1. The first-order chi connectivity index (χ1) is 41.1. The summed E-state index contributed by atoms with van der Waals surface area (Å²) in [6, 6.07) is 11.1. The highest BCUT2D eigenvalue weighted by atomic mass is 32.2. The minimum Gasteiger partial charge on any atom is -0.481 e. The molecule has 0 aromatic heterocycles. The van der Waals surface area contributed by atoms with Crippen molar-refractivity contribution in [3.8, 4) is 11.1 Å². The van der Waals surface area contributed by atoms with E-state index in [9.17, 15) is 48.3 Å². The molecule has 85 heavy (non-hydrogen) atoms. The Balaban J connectivity index is 1.71. The number of aliphatic carboxylic acids is 2. The SMILES string of the molecule is CCCCCCCCCCCCCCCC(=O)OC[C@H](CSCC(NC(=O)OCC1c2ccccc2-c2ccccc21)C(=O)N[C@H](CCC(N)=O)C(=O)NCC(=O)N[C@H](CCC(=O)O)C(=O)O)OC(=O)CCCCCCCCCCCCCCC. The lowest BCUT2D eigenvalue weighted by molar-refractivity contribution is -0.157. The van der Waals surface area contributed by atoms with Crippen LogP contribution in [0.1, 0.15) is 236 Å². The number of hydrogen-bond donors (Lipinski definition) is 7. The highest BCUT2D eigenvalue weighted by molar-refractivity contribution is 7.99. The second kappa shape index (κ2) is 45.2. The quantitative estimate of drug-likeness (QED) is 0.0184. The van der Waals surface area contributed by atoms with Crippen molar-refractivity contribution < 1.29 is 67.6 Å². The van der Waals surface area contributed by atoms with Gasteiger partial charge in [0.1, 0.15) is 37.4 Å². The first-order valence-corrected chi connectivity index (χ1v) is 32.9. The highest BCUT2D eigenvalue weighted by Gasteiger charge is 2.32. The lowest BCUT2D eigenvalue weighted by atomic mass is 9.98.